The third-order valence-corrected chi connectivity index (χ3v) is 3.25. The summed E-state index contributed by atoms with van der Waals surface area (Å²) in [5, 5.41) is 9.40. The number of cyclic esters (lactones) is 1. The molecule has 0 aliphatic carbocycles. The largest absolute Gasteiger partial charge is 0.447 e. The lowest BCUT2D eigenvalue weighted by Gasteiger charge is -2.09. The number of rotatable bonds is 2. The van der Waals surface area contributed by atoms with Crippen LogP contribution >= 0.6 is 23.2 Å². The summed E-state index contributed by atoms with van der Waals surface area (Å²) in [6.07, 6.45) is -1.47. The van der Waals surface area contributed by atoms with E-state index in [1.165, 1.54) is 0 Å². The molecule has 1 aromatic carbocycles. The summed E-state index contributed by atoms with van der Waals surface area (Å²) in [5.74, 6) is -0.768. The molecule has 0 aromatic heterocycles. The first kappa shape index (κ1) is 13.2. The highest BCUT2D eigenvalue weighted by Gasteiger charge is 2.34. The van der Waals surface area contributed by atoms with Crippen LogP contribution in [0.4, 0.5) is 0 Å². The van der Waals surface area contributed by atoms with Crippen LogP contribution in [0.3, 0.4) is 0 Å². The van der Waals surface area contributed by atoms with Gasteiger partial charge < -0.3 is 14.6 Å². The van der Waals surface area contributed by atoms with Crippen molar-refractivity contribution >= 4 is 29.2 Å². The van der Waals surface area contributed by atoms with Crippen molar-refractivity contribution in [1.29, 1.82) is 0 Å². The molecule has 0 spiro atoms. The van der Waals surface area contributed by atoms with Crippen LogP contribution in [0.1, 0.15) is 11.1 Å². The minimum absolute atomic E-state index is 0.186. The Labute approximate surface area is 114 Å². The van der Waals surface area contributed by atoms with Gasteiger partial charge in [-0.15, -0.1) is 0 Å². The van der Waals surface area contributed by atoms with Crippen molar-refractivity contribution < 1.29 is 19.4 Å². The summed E-state index contributed by atoms with van der Waals surface area (Å²) < 4.78 is 9.81. The third-order valence-electron chi connectivity index (χ3n) is 2.60. The minimum atomic E-state index is -1.47. The van der Waals surface area contributed by atoms with Gasteiger partial charge in [-0.3, -0.25) is 0 Å². The maximum atomic E-state index is 11.4. The number of carbonyl (C=O) groups is 1. The zero-order chi connectivity index (χ0) is 13.4. The topological polar surface area (TPSA) is 55.8 Å². The van der Waals surface area contributed by atoms with Gasteiger partial charge in [0.2, 0.25) is 12.0 Å². The Hall–Kier alpha value is -1.23. The number of hydrogen-bond acceptors (Lipinski definition) is 4. The van der Waals surface area contributed by atoms with Gasteiger partial charge in [0.1, 0.15) is 10.8 Å². The van der Waals surface area contributed by atoms with E-state index in [9.17, 15) is 9.90 Å². The van der Waals surface area contributed by atoms with Crippen LogP contribution in [-0.2, 0) is 9.53 Å². The molecule has 4 nitrogen and oxygen atoms in total. The molecule has 1 atom stereocenters. The number of esters is 1. The molecule has 0 amide bonds. The van der Waals surface area contributed by atoms with Crippen molar-refractivity contribution in [2.24, 2.45) is 0 Å². The second-order valence-corrected chi connectivity index (χ2v) is 4.72. The molecule has 1 N–H and O–H groups in total. The predicted octanol–water partition coefficient (Wildman–Crippen LogP) is 2.66. The zero-order valence-electron chi connectivity index (χ0n) is 9.66. The van der Waals surface area contributed by atoms with E-state index in [4.69, 9.17) is 27.9 Å². The van der Waals surface area contributed by atoms with Crippen molar-refractivity contribution in [1.82, 2.24) is 0 Å². The Kier molecular flexibility index (Phi) is 3.52. The smallest absolute Gasteiger partial charge is 0.378 e. The van der Waals surface area contributed by atoms with E-state index in [1.54, 1.807) is 12.1 Å². The molecular formula is C12H10Cl2O4. The average Bonchev–Trinajstić information content (AvgIpc) is 2.52. The van der Waals surface area contributed by atoms with Gasteiger partial charge in [0, 0.05) is 0 Å². The number of aryl methyl sites for hydroxylation is 2. The molecule has 6 heteroatoms. The van der Waals surface area contributed by atoms with E-state index in [-0.39, 0.29) is 10.8 Å². The molecule has 0 saturated heterocycles. The van der Waals surface area contributed by atoms with Gasteiger partial charge in [0.05, 0.1) is 5.02 Å². The van der Waals surface area contributed by atoms with Crippen molar-refractivity contribution in [3.63, 3.8) is 0 Å². The van der Waals surface area contributed by atoms with Gasteiger partial charge in [0.25, 0.3) is 0 Å². The highest BCUT2D eigenvalue weighted by atomic mass is 35.5. The first-order chi connectivity index (χ1) is 8.40. The summed E-state index contributed by atoms with van der Waals surface area (Å²) in [6, 6.07) is 3.41. The minimum Gasteiger partial charge on any atom is -0.447 e. The molecule has 1 aliphatic heterocycles. The SMILES string of the molecule is Cc1cc(Cl)c(OC2=C(Cl)[C@H](O)OC2=O)cc1C. The number of ether oxygens (including phenoxy) is 2. The Morgan fingerprint density at radius 1 is 1.28 bits per heavy atom. The van der Waals surface area contributed by atoms with Crippen molar-refractivity contribution in [2.45, 2.75) is 20.1 Å². The molecule has 18 heavy (non-hydrogen) atoms. The molecule has 0 radical (unpaired) electrons. The average molecular weight is 289 g/mol. The molecule has 96 valence electrons. The molecule has 1 aromatic rings. The van der Waals surface area contributed by atoms with Gasteiger partial charge in [-0.25, -0.2) is 4.79 Å². The Bertz CT molecular complexity index is 551. The van der Waals surface area contributed by atoms with Crippen molar-refractivity contribution in [3.8, 4) is 5.75 Å². The van der Waals surface area contributed by atoms with Gasteiger partial charge in [-0.05, 0) is 37.1 Å². The van der Waals surface area contributed by atoms with Crippen LogP contribution in [0.5, 0.6) is 5.75 Å². The number of hydrogen-bond donors (Lipinski definition) is 1. The lowest BCUT2D eigenvalue weighted by molar-refractivity contribution is -0.153. The summed E-state index contributed by atoms with van der Waals surface area (Å²) >= 11 is 11.7. The molecular weight excluding hydrogens is 279 g/mol. The van der Waals surface area contributed by atoms with Crippen LogP contribution in [0.2, 0.25) is 5.02 Å². The van der Waals surface area contributed by atoms with Gasteiger partial charge in [0.15, 0.2) is 0 Å². The molecule has 0 unspecified atom stereocenters. The van der Waals surface area contributed by atoms with E-state index in [0.29, 0.717) is 10.8 Å². The Balaban J connectivity index is 2.36. The summed E-state index contributed by atoms with van der Waals surface area (Å²) in [4.78, 5) is 11.4. The standard InChI is InChI=1S/C12H10Cl2O4/c1-5-3-7(13)8(4-6(5)2)17-10-9(14)11(15)18-12(10)16/h3-4,11,15H,1-2H3/t11-/m1/s1. The fraction of sp³-hybridized carbons (Fsp3) is 0.250. The van der Waals surface area contributed by atoms with Gasteiger partial charge in [-0.1, -0.05) is 23.2 Å². The lowest BCUT2D eigenvalue weighted by Crippen LogP contribution is -2.09. The Morgan fingerprint density at radius 2 is 1.89 bits per heavy atom. The maximum Gasteiger partial charge on any atom is 0.378 e. The van der Waals surface area contributed by atoms with E-state index < -0.39 is 12.3 Å². The first-order valence-electron chi connectivity index (χ1n) is 5.13. The number of carbonyl (C=O) groups excluding carboxylic acids is 1. The quantitative estimate of drug-likeness (QED) is 0.850. The molecule has 0 fully saturated rings. The highest BCUT2D eigenvalue weighted by molar-refractivity contribution is 6.33. The predicted molar refractivity (Wildman–Crippen MR) is 66.5 cm³/mol. The molecule has 1 aliphatic rings. The molecule has 0 saturated carbocycles. The summed E-state index contributed by atoms with van der Waals surface area (Å²) in [7, 11) is 0. The normalized spacial score (nSPS) is 19.2. The van der Waals surface area contributed by atoms with Crippen molar-refractivity contribution in [3.05, 3.63) is 39.1 Å². The van der Waals surface area contributed by atoms with Crippen LogP contribution in [-0.4, -0.2) is 17.4 Å². The fourth-order valence-corrected chi connectivity index (χ4v) is 1.87. The van der Waals surface area contributed by atoms with Gasteiger partial charge >= 0.3 is 5.97 Å². The van der Waals surface area contributed by atoms with E-state index >= 15 is 0 Å². The Morgan fingerprint density at radius 3 is 2.44 bits per heavy atom. The number of halogens is 2. The number of benzene rings is 1. The van der Waals surface area contributed by atoms with E-state index in [1.807, 2.05) is 13.8 Å². The third kappa shape index (κ3) is 2.32. The second-order valence-electron chi connectivity index (χ2n) is 3.90. The zero-order valence-corrected chi connectivity index (χ0v) is 11.2. The fourth-order valence-electron chi connectivity index (χ4n) is 1.45. The monoisotopic (exact) mass is 288 g/mol. The van der Waals surface area contributed by atoms with Crippen LogP contribution in [0, 0.1) is 13.8 Å². The summed E-state index contributed by atoms with van der Waals surface area (Å²) in [6.45, 7) is 3.79. The number of aliphatic hydroxyl groups excluding tert-OH is 1. The highest BCUT2D eigenvalue weighted by Crippen LogP contribution is 2.33. The summed E-state index contributed by atoms with van der Waals surface area (Å²) in [5.41, 5.74) is 1.96. The van der Waals surface area contributed by atoms with Gasteiger partial charge in [-0.2, -0.15) is 0 Å². The van der Waals surface area contributed by atoms with Crippen LogP contribution in [0.15, 0.2) is 22.9 Å². The maximum absolute atomic E-state index is 11.4. The van der Waals surface area contributed by atoms with Crippen LogP contribution in [0.25, 0.3) is 0 Å². The lowest BCUT2D eigenvalue weighted by atomic mass is 10.1. The first-order valence-corrected chi connectivity index (χ1v) is 5.89. The van der Waals surface area contributed by atoms with E-state index in [2.05, 4.69) is 4.74 Å². The van der Waals surface area contributed by atoms with Crippen LogP contribution < -0.4 is 4.74 Å². The number of aliphatic hydroxyl groups is 1. The molecule has 2 rings (SSSR count). The van der Waals surface area contributed by atoms with Crippen molar-refractivity contribution in [2.75, 3.05) is 0 Å². The van der Waals surface area contributed by atoms with E-state index in [0.717, 1.165) is 11.1 Å². The molecule has 1 heterocycles. The molecule has 0 bridgehead atoms. The second kappa shape index (κ2) is 4.80.